The molecule has 0 atom stereocenters. The first-order valence-electron chi connectivity index (χ1n) is 4.12. The lowest BCUT2D eigenvalue weighted by molar-refractivity contribution is 0.0600. The van der Waals surface area contributed by atoms with Crippen molar-refractivity contribution in [3.05, 3.63) is 28.8 Å². The molecule has 5 heteroatoms. The number of carbonyl (C=O) groups is 2. The van der Waals surface area contributed by atoms with Crippen LogP contribution in [0.25, 0.3) is 0 Å². The summed E-state index contributed by atoms with van der Waals surface area (Å²) in [7, 11) is 1.20. The Balaban J connectivity index is 3.36. The molecule has 0 bridgehead atoms. The number of aromatic hydroxyl groups is 1. The molecule has 0 aliphatic rings. The minimum absolute atomic E-state index is 0.132. The van der Waals surface area contributed by atoms with Crippen molar-refractivity contribution in [1.82, 2.24) is 0 Å². The number of aromatic carboxylic acids is 1. The molecule has 0 aliphatic carbocycles. The van der Waals surface area contributed by atoms with Crippen LogP contribution < -0.4 is 0 Å². The number of carboxylic acids is 1. The summed E-state index contributed by atoms with van der Waals surface area (Å²) in [5, 5.41) is 18.0. The van der Waals surface area contributed by atoms with E-state index in [0.29, 0.717) is 5.56 Å². The van der Waals surface area contributed by atoms with E-state index in [1.807, 2.05) is 0 Å². The van der Waals surface area contributed by atoms with Gasteiger partial charge in [0.1, 0.15) is 11.3 Å². The Morgan fingerprint density at radius 3 is 2.33 bits per heavy atom. The number of carbonyl (C=O) groups excluding carboxylic acids is 1. The molecule has 0 aliphatic heterocycles. The SMILES string of the molecule is COC(=O)c1cc(C(=O)O)c(O)cc1C. The molecule has 1 aromatic carbocycles. The molecular formula is C10H10O5. The third kappa shape index (κ3) is 2.07. The highest BCUT2D eigenvalue weighted by Gasteiger charge is 2.16. The van der Waals surface area contributed by atoms with Crippen LogP contribution >= 0.6 is 0 Å². The maximum absolute atomic E-state index is 11.2. The van der Waals surface area contributed by atoms with Crippen molar-refractivity contribution >= 4 is 11.9 Å². The molecule has 80 valence electrons. The van der Waals surface area contributed by atoms with Gasteiger partial charge in [-0.2, -0.15) is 0 Å². The number of hydrogen-bond acceptors (Lipinski definition) is 4. The van der Waals surface area contributed by atoms with E-state index in [9.17, 15) is 14.7 Å². The van der Waals surface area contributed by atoms with Crippen LogP contribution in [0.4, 0.5) is 0 Å². The number of esters is 1. The third-order valence-corrected chi connectivity index (χ3v) is 1.98. The molecular weight excluding hydrogens is 200 g/mol. The lowest BCUT2D eigenvalue weighted by atomic mass is 10.0. The Bertz CT molecular complexity index is 422. The summed E-state index contributed by atoms with van der Waals surface area (Å²) >= 11 is 0. The smallest absolute Gasteiger partial charge is 0.339 e. The summed E-state index contributed by atoms with van der Waals surface area (Å²) in [6.45, 7) is 1.58. The van der Waals surface area contributed by atoms with Crippen LogP contribution in [0.2, 0.25) is 0 Å². The minimum atomic E-state index is -1.29. The van der Waals surface area contributed by atoms with E-state index in [1.165, 1.54) is 13.2 Å². The number of carboxylic acid groups (broad SMARTS) is 1. The quantitative estimate of drug-likeness (QED) is 0.716. The second-order valence-corrected chi connectivity index (χ2v) is 2.98. The molecule has 2 N–H and O–H groups in total. The van der Waals surface area contributed by atoms with Gasteiger partial charge in [-0.15, -0.1) is 0 Å². The van der Waals surface area contributed by atoms with Gasteiger partial charge < -0.3 is 14.9 Å². The highest BCUT2D eigenvalue weighted by molar-refractivity contribution is 5.97. The Kier molecular flexibility index (Phi) is 2.94. The Hall–Kier alpha value is -2.04. The van der Waals surface area contributed by atoms with Gasteiger partial charge in [0, 0.05) is 0 Å². The van der Waals surface area contributed by atoms with Gasteiger partial charge in [-0.3, -0.25) is 0 Å². The number of methoxy groups -OCH3 is 1. The van der Waals surface area contributed by atoms with Crippen LogP contribution in [-0.2, 0) is 4.74 Å². The van der Waals surface area contributed by atoms with Crippen LogP contribution in [0.15, 0.2) is 12.1 Å². The fourth-order valence-electron chi connectivity index (χ4n) is 1.19. The number of benzene rings is 1. The second kappa shape index (κ2) is 4.00. The zero-order valence-corrected chi connectivity index (χ0v) is 8.27. The summed E-state index contributed by atoms with van der Waals surface area (Å²) in [6.07, 6.45) is 0. The van der Waals surface area contributed by atoms with Gasteiger partial charge in [0.25, 0.3) is 0 Å². The summed E-state index contributed by atoms with van der Waals surface area (Å²) in [5.41, 5.74) is 0.276. The number of rotatable bonds is 2. The van der Waals surface area contributed by atoms with Gasteiger partial charge in [0.2, 0.25) is 0 Å². The molecule has 0 spiro atoms. The molecule has 0 heterocycles. The van der Waals surface area contributed by atoms with E-state index in [2.05, 4.69) is 4.74 Å². The fourth-order valence-corrected chi connectivity index (χ4v) is 1.19. The Morgan fingerprint density at radius 1 is 1.27 bits per heavy atom. The molecule has 5 nitrogen and oxygen atoms in total. The summed E-state index contributed by atoms with van der Waals surface area (Å²) in [6, 6.07) is 2.31. The van der Waals surface area contributed by atoms with Gasteiger partial charge in [-0.05, 0) is 24.6 Å². The van der Waals surface area contributed by atoms with Crippen molar-refractivity contribution in [2.24, 2.45) is 0 Å². The van der Waals surface area contributed by atoms with Crippen molar-refractivity contribution in [2.75, 3.05) is 7.11 Å². The molecule has 0 saturated carbocycles. The lowest BCUT2D eigenvalue weighted by Gasteiger charge is -2.06. The van der Waals surface area contributed by atoms with Crippen LogP contribution in [-0.4, -0.2) is 29.3 Å². The number of ether oxygens (including phenoxy) is 1. The number of aryl methyl sites for hydroxylation is 1. The van der Waals surface area contributed by atoms with Crippen molar-refractivity contribution in [2.45, 2.75) is 6.92 Å². The maximum atomic E-state index is 11.2. The van der Waals surface area contributed by atoms with Crippen LogP contribution in [0.3, 0.4) is 0 Å². The van der Waals surface area contributed by atoms with E-state index >= 15 is 0 Å². The first-order valence-corrected chi connectivity index (χ1v) is 4.12. The topological polar surface area (TPSA) is 83.8 Å². The van der Waals surface area contributed by atoms with Crippen molar-refractivity contribution in [3.63, 3.8) is 0 Å². The standard InChI is InChI=1S/C10H10O5/c1-5-3-8(11)7(9(12)13)4-6(5)10(14)15-2/h3-4,11H,1-2H3,(H,12,13). The van der Waals surface area contributed by atoms with E-state index in [0.717, 1.165) is 6.07 Å². The minimum Gasteiger partial charge on any atom is -0.507 e. The average molecular weight is 210 g/mol. The molecule has 0 radical (unpaired) electrons. The lowest BCUT2D eigenvalue weighted by Crippen LogP contribution is -2.07. The molecule has 1 aromatic rings. The predicted octanol–water partition coefficient (Wildman–Crippen LogP) is 1.19. The number of phenols is 1. The monoisotopic (exact) mass is 210 g/mol. The van der Waals surface area contributed by atoms with Gasteiger partial charge >= 0.3 is 11.9 Å². The van der Waals surface area contributed by atoms with Crippen molar-refractivity contribution in [3.8, 4) is 5.75 Å². The number of hydrogen-bond donors (Lipinski definition) is 2. The normalized spacial score (nSPS) is 9.73. The maximum Gasteiger partial charge on any atom is 0.339 e. The fraction of sp³-hybridized carbons (Fsp3) is 0.200. The van der Waals surface area contributed by atoms with E-state index < -0.39 is 11.9 Å². The largest absolute Gasteiger partial charge is 0.507 e. The van der Waals surface area contributed by atoms with Crippen molar-refractivity contribution < 1.29 is 24.5 Å². The molecule has 0 unspecified atom stereocenters. The van der Waals surface area contributed by atoms with E-state index in [-0.39, 0.29) is 16.9 Å². The van der Waals surface area contributed by atoms with Crippen molar-refractivity contribution in [1.29, 1.82) is 0 Å². The van der Waals surface area contributed by atoms with Crippen LogP contribution in [0.1, 0.15) is 26.3 Å². The highest BCUT2D eigenvalue weighted by atomic mass is 16.5. The zero-order chi connectivity index (χ0) is 11.6. The van der Waals surface area contributed by atoms with Gasteiger partial charge in [-0.25, -0.2) is 9.59 Å². The molecule has 0 amide bonds. The van der Waals surface area contributed by atoms with E-state index in [1.54, 1.807) is 6.92 Å². The highest BCUT2D eigenvalue weighted by Crippen LogP contribution is 2.22. The zero-order valence-electron chi connectivity index (χ0n) is 8.27. The van der Waals surface area contributed by atoms with Crippen LogP contribution in [0, 0.1) is 6.92 Å². The van der Waals surface area contributed by atoms with E-state index in [4.69, 9.17) is 5.11 Å². The van der Waals surface area contributed by atoms with Gasteiger partial charge in [0.05, 0.1) is 12.7 Å². The van der Waals surface area contributed by atoms with Crippen LogP contribution in [0.5, 0.6) is 5.75 Å². The predicted molar refractivity (Wildman–Crippen MR) is 51.1 cm³/mol. The molecule has 0 fully saturated rings. The second-order valence-electron chi connectivity index (χ2n) is 2.98. The Labute approximate surface area is 85.9 Å². The van der Waals surface area contributed by atoms with Gasteiger partial charge in [0.15, 0.2) is 0 Å². The average Bonchev–Trinajstić information content (AvgIpc) is 2.16. The summed E-state index contributed by atoms with van der Waals surface area (Å²) < 4.78 is 4.48. The molecule has 0 saturated heterocycles. The first kappa shape index (κ1) is 11.0. The summed E-state index contributed by atoms with van der Waals surface area (Å²) in [5.74, 6) is -2.29. The molecule has 0 aromatic heterocycles. The molecule has 1 rings (SSSR count). The first-order chi connectivity index (χ1) is 6.97. The van der Waals surface area contributed by atoms with Gasteiger partial charge in [-0.1, -0.05) is 0 Å². The molecule has 15 heavy (non-hydrogen) atoms. The Morgan fingerprint density at radius 2 is 1.87 bits per heavy atom. The summed E-state index contributed by atoms with van der Waals surface area (Å²) in [4.78, 5) is 21.9. The third-order valence-electron chi connectivity index (χ3n) is 1.98.